The fraction of sp³-hybridized carbons (Fsp3) is 0.263. The maximum Gasteiger partial charge on any atom is 0.267 e. The molecule has 7 nitrogen and oxygen atoms in total. The van der Waals surface area contributed by atoms with Crippen molar-refractivity contribution in [1.29, 1.82) is 0 Å². The smallest absolute Gasteiger partial charge is 0.267 e. The summed E-state index contributed by atoms with van der Waals surface area (Å²) in [6.07, 6.45) is 0. The molecular formula is C19H18N4O3S2. The number of nitrogens with zero attached hydrogens (tertiary/aromatic N) is 3. The van der Waals surface area contributed by atoms with Gasteiger partial charge in [-0.15, -0.1) is 11.3 Å². The van der Waals surface area contributed by atoms with E-state index in [2.05, 4.69) is 26.3 Å². The predicted octanol–water partition coefficient (Wildman–Crippen LogP) is 4.33. The standard InChI is InChI=1S/C19H18N4O3S2/c1-9-5-6-11-12(7-9)27-19(20-11)23-16(24)15-10(2)14-17(26-4)21-13(8-25-3)22-18(14)28-15/h5-7H,8H2,1-4H3,(H,20,23,24). The van der Waals surface area contributed by atoms with Crippen LogP contribution in [0.5, 0.6) is 5.88 Å². The van der Waals surface area contributed by atoms with Crippen LogP contribution in [0.4, 0.5) is 5.13 Å². The van der Waals surface area contributed by atoms with Gasteiger partial charge in [-0.05, 0) is 37.1 Å². The van der Waals surface area contributed by atoms with E-state index in [1.807, 2.05) is 26.0 Å². The van der Waals surface area contributed by atoms with Gasteiger partial charge in [0.15, 0.2) is 11.0 Å². The second-order valence-electron chi connectivity index (χ2n) is 6.26. The lowest BCUT2D eigenvalue weighted by atomic mass is 10.2. The van der Waals surface area contributed by atoms with Crippen molar-refractivity contribution in [3.05, 3.63) is 40.0 Å². The maximum absolute atomic E-state index is 12.9. The first-order chi connectivity index (χ1) is 13.5. The van der Waals surface area contributed by atoms with Crippen LogP contribution in [0.2, 0.25) is 0 Å². The third kappa shape index (κ3) is 3.32. The van der Waals surface area contributed by atoms with E-state index in [1.54, 1.807) is 14.2 Å². The molecule has 0 saturated carbocycles. The Morgan fingerprint density at radius 1 is 1.14 bits per heavy atom. The summed E-state index contributed by atoms with van der Waals surface area (Å²) in [7, 11) is 3.14. The average Bonchev–Trinajstić information content (AvgIpc) is 3.21. The van der Waals surface area contributed by atoms with Crippen molar-refractivity contribution in [2.75, 3.05) is 19.5 Å². The highest BCUT2D eigenvalue weighted by atomic mass is 32.1. The topological polar surface area (TPSA) is 86.2 Å². The van der Waals surface area contributed by atoms with Crippen LogP contribution < -0.4 is 10.1 Å². The highest BCUT2D eigenvalue weighted by Crippen LogP contribution is 2.36. The molecule has 1 aromatic carbocycles. The normalized spacial score (nSPS) is 11.3. The number of anilines is 1. The predicted molar refractivity (Wildman–Crippen MR) is 112 cm³/mol. The number of aromatic nitrogens is 3. The van der Waals surface area contributed by atoms with E-state index in [1.165, 1.54) is 22.7 Å². The molecule has 0 bridgehead atoms. The minimum Gasteiger partial charge on any atom is -0.480 e. The van der Waals surface area contributed by atoms with Gasteiger partial charge in [-0.2, -0.15) is 4.98 Å². The lowest BCUT2D eigenvalue weighted by molar-refractivity contribution is 0.103. The Morgan fingerprint density at radius 2 is 1.96 bits per heavy atom. The van der Waals surface area contributed by atoms with Gasteiger partial charge >= 0.3 is 0 Å². The van der Waals surface area contributed by atoms with Gasteiger partial charge in [0.25, 0.3) is 5.91 Å². The second-order valence-corrected chi connectivity index (χ2v) is 8.29. The fourth-order valence-electron chi connectivity index (χ4n) is 2.94. The summed E-state index contributed by atoms with van der Waals surface area (Å²) in [6, 6.07) is 6.02. The number of hydrogen-bond donors (Lipinski definition) is 1. The number of rotatable bonds is 5. The monoisotopic (exact) mass is 414 g/mol. The molecule has 0 fully saturated rings. The molecular weight excluding hydrogens is 396 g/mol. The summed E-state index contributed by atoms with van der Waals surface area (Å²) in [5, 5.41) is 4.23. The molecule has 0 atom stereocenters. The Labute approximate surface area is 169 Å². The van der Waals surface area contributed by atoms with E-state index < -0.39 is 0 Å². The van der Waals surface area contributed by atoms with E-state index in [0.29, 0.717) is 26.5 Å². The Bertz CT molecular complexity index is 1200. The van der Waals surface area contributed by atoms with Crippen LogP contribution in [0.1, 0.15) is 26.6 Å². The SMILES string of the molecule is COCc1nc(OC)c2c(C)c(C(=O)Nc3nc4ccc(C)cc4s3)sc2n1. The number of nitrogens with one attached hydrogen (secondary N) is 1. The van der Waals surface area contributed by atoms with Gasteiger partial charge in [0.1, 0.15) is 11.4 Å². The van der Waals surface area contributed by atoms with Gasteiger partial charge in [0, 0.05) is 7.11 Å². The number of hydrogen-bond acceptors (Lipinski definition) is 8. The molecule has 0 aliphatic carbocycles. The molecule has 3 heterocycles. The number of carbonyl (C=O) groups is 1. The van der Waals surface area contributed by atoms with Crippen LogP contribution in [0.3, 0.4) is 0 Å². The lowest BCUT2D eigenvalue weighted by Gasteiger charge is -2.05. The second kappa shape index (κ2) is 7.42. The zero-order chi connectivity index (χ0) is 19.8. The quantitative estimate of drug-likeness (QED) is 0.523. The molecule has 28 heavy (non-hydrogen) atoms. The number of aryl methyl sites for hydroxylation is 2. The molecule has 3 aromatic heterocycles. The zero-order valence-electron chi connectivity index (χ0n) is 15.8. The molecule has 4 aromatic rings. The third-order valence-electron chi connectivity index (χ3n) is 4.24. The van der Waals surface area contributed by atoms with Crippen LogP contribution in [-0.4, -0.2) is 35.1 Å². The first-order valence-corrected chi connectivity index (χ1v) is 10.1. The number of carbonyl (C=O) groups excluding carboxylic acids is 1. The molecule has 0 saturated heterocycles. The van der Waals surface area contributed by atoms with Crippen LogP contribution in [0.15, 0.2) is 18.2 Å². The van der Waals surface area contributed by atoms with Crippen molar-refractivity contribution in [2.24, 2.45) is 0 Å². The van der Waals surface area contributed by atoms with E-state index in [-0.39, 0.29) is 12.5 Å². The van der Waals surface area contributed by atoms with Crippen molar-refractivity contribution in [2.45, 2.75) is 20.5 Å². The molecule has 0 aliphatic heterocycles. The highest BCUT2D eigenvalue weighted by Gasteiger charge is 2.22. The Balaban J connectivity index is 1.70. The maximum atomic E-state index is 12.9. The van der Waals surface area contributed by atoms with Crippen LogP contribution >= 0.6 is 22.7 Å². The molecule has 9 heteroatoms. The number of thiophene rings is 1. The molecule has 0 radical (unpaired) electrons. The van der Waals surface area contributed by atoms with E-state index in [4.69, 9.17) is 9.47 Å². The third-order valence-corrected chi connectivity index (χ3v) is 6.36. The van der Waals surface area contributed by atoms with Gasteiger partial charge in [-0.1, -0.05) is 17.4 Å². The molecule has 0 spiro atoms. The van der Waals surface area contributed by atoms with Crippen molar-refractivity contribution in [3.63, 3.8) is 0 Å². The van der Waals surface area contributed by atoms with Crippen LogP contribution in [-0.2, 0) is 11.3 Å². The fourth-order valence-corrected chi connectivity index (χ4v) is 4.99. The van der Waals surface area contributed by atoms with Crippen molar-refractivity contribution in [3.8, 4) is 5.88 Å². The summed E-state index contributed by atoms with van der Waals surface area (Å²) < 4.78 is 11.6. The Morgan fingerprint density at radius 3 is 2.71 bits per heavy atom. The van der Waals surface area contributed by atoms with Crippen molar-refractivity contribution in [1.82, 2.24) is 15.0 Å². The number of methoxy groups -OCH3 is 2. The Hall–Kier alpha value is -2.62. The molecule has 1 amide bonds. The van der Waals surface area contributed by atoms with Gasteiger partial charge in [-0.25, -0.2) is 9.97 Å². The largest absolute Gasteiger partial charge is 0.480 e. The summed E-state index contributed by atoms with van der Waals surface area (Å²) in [5.74, 6) is 0.744. The average molecular weight is 415 g/mol. The first-order valence-electron chi connectivity index (χ1n) is 8.51. The van der Waals surface area contributed by atoms with Crippen LogP contribution in [0, 0.1) is 13.8 Å². The lowest BCUT2D eigenvalue weighted by Crippen LogP contribution is -2.11. The number of amides is 1. The van der Waals surface area contributed by atoms with E-state index in [0.717, 1.165) is 26.7 Å². The van der Waals surface area contributed by atoms with Crippen LogP contribution in [0.25, 0.3) is 20.4 Å². The highest BCUT2D eigenvalue weighted by molar-refractivity contribution is 7.23. The molecule has 0 unspecified atom stereocenters. The molecule has 144 valence electrons. The summed E-state index contributed by atoms with van der Waals surface area (Å²) >= 11 is 2.76. The molecule has 4 rings (SSSR count). The van der Waals surface area contributed by atoms with Gasteiger partial charge in [-0.3, -0.25) is 10.1 Å². The van der Waals surface area contributed by atoms with Gasteiger partial charge in [0.2, 0.25) is 5.88 Å². The number of fused-ring (bicyclic) bond motifs is 2. The summed E-state index contributed by atoms with van der Waals surface area (Å²) in [4.78, 5) is 27.5. The number of benzene rings is 1. The van der Waals surface area contributed by atoms with E-state index in [9.17, 15) is 4.79 Å². The molecule has 0 aliphatic rings. The minimum absolute atomic E-state index is 0.216. The van der Waals surface area contributed by atoms with Crippen molar-refractivity contribution >= 4 is 54.1 Å². The number of thiazole rings is 1. The van der Waals surface area contributed by atoms with Crippen molar-refractivity contribution < 1.29 is 14.3 Å². The first kappa shape index (κ1) is 18.7. The summed E-state index contributed by atoms with van der Waals surface area (Å²) in [6.45, 7) is 4.18. The number of ether oxygens (including phenoxy) is 2. The zero-order valence-corrected chi connectivity index (χ0v) is 17.5. The minimum atomic E-state index is -0.216. The molecule has 1 N–H and O–H groups in total. The van der Waals surface area contributed by atoms with E-state index >= 15 is 0 Å². The Kier molecular flexibility index (Phi) is 4.96. The van der Waals surface area contributed by atoms with Gasteiger partial charge in [0.05, 0.1) is 27.6 Å². The van der Waals surface area contributed by atoms with Gasteiger partial charge < -0.3 is 9.47 Å². The summed E-state index contributed by atoms with van der Waals surface area (Å²) in [5.41, 5.74) is 2.82.